The van der Waals surface area contributed by atoms with Crippen LogP contribution in [-0.4, -0.2) is 18.2 Å². The number of nitrogens with one attached hydrogen (secondary N) is 2. The molecular weight excluding hydrogens is 344 g/mol. The first kappa shape index (κ1) is 19.9. The van der Waals surface area contributed by atoms with Crippen LogP contribution in [0.2, 0.25) is 0 Å². The van der Waals surface area contributed by atoms with Crippen LogP contribution in [0.15, 0.2) is 48.5 Å². The predicted octanol–water partition coefficient (Wildman–Crippen LogP) is 4.86. The van der Waals surface area contributed by atoms with Gasteiger partial charge in [0.25, 0.3) is 0 Å². The lowest BCUT2D eigenvalue weighted by Gasteiger charge is -2.23. The molecular formula is C21H26N2O2S. The van der Waals surface area contributed by atoms with Gasteiger partial charge in [0.1, 0.15) is 0 Å². The molecule has 5 heteroatoms. The number of hydrogen-bond donors (Lipinski definition) is 2. The summed E-state index contributed by atoms with van der Waals surface area (Å²) in [4.78, 5) is 11.7. The minimum Gasteiger partial charge on any atom is -0.465 e. The van der Waals surface area contributed by atoms with Crippen LogP contribution in [0.1, 0.15) is 47.8 Å². The summed E-state index contributed by atoms with van der Waals surface area (Å²) < 4.78 is 4.79. The summed E-state index contributed by atoms with van der Waals surface area (Å²) in [5.41, 5.74) is 3.49. The zero-order chi connectivity index (χ0) is 19.1. The van der Waals surface area contributed by atoms with Gasteiger partial charge in [-0.2, -0.15) is 0 Å². The summed E-state index contributed by atoms with van der Waals surface area (Å²) in [5, 5.41) is 7.15. The normalized spacial score (nSPS) is 11.7. The van der Waals surface area contributed by atoms with Gasteiger partial charge in [0.05, 0.1) is 18.7 Å². The molecule has 0 saturated heterocycles. The molecule has 2 aromatic rings. The Labute approximate surface area is 161 Å². The molecule has 0 spiro atoms. The maximum absolute atomic E-state index is 11.7. The van der Waals surface area contributed by atoms with Gasteiger partial charge >= 0.3 is 5.97 Å². The van der Waals surface area contributed by atoms with Crippen LogP contribution >= 0.6 is 12.2 Å². The summed E-state index contributed by atoms with van der Waals surface area (Å²) in [5.74, 6) is 0.161. The Kier molecular flexibility index (Phi) is 7.16. The van der Waals surface area contributed by atoms with Gasteiger partial charge in [0, 0.05) is 5.69 Å². The highest BCUT2D eigenvalue weighted by Crippen LogP contribution is 2.22. The number of esters is 1. The molecule has 2 N–H and O–H groups in total. The molecule has 0 fully saturated rings. The van der Waals surface area contributed by atoms with E-state index >= 15 is 0 Å². The van der Waals surface area contributed by atoms with Crippen molar-refractivity contribution in [1.82, 2.24) is 5.32 Å². The first-order valence-corrected chi connectivity index (χ1v) is 9.13. The predicted molar refractivity (Wildman–Crippen MR) is 111 cm³/mol. The van der Waals surface area contributed by atoms with Gasteiger partial charge in [0.2, 0.25) is 0 Å². The van der Waals surface area contributed by atoms with Gasteiger partial charge in [0.15, 0.2) is 5.11 Å². The van der Waals surface area contributed by atoms with E-state index in [0.29, 0.717) is 16.6 Å². The second-order valence-electron chi connectivity index (χ2n) is 6.71. The van der Waals surface area contributed by atoms with Crippen LogP contribution in [0.3, 0.4) is 0 Å². The van der Waals surface area contributed by atoms with Crippen molar-refractivity contribution in [2.24, 2.45) is 5.92 Å². The van der Waals surface area contributed by atoms with E-state index in [0.717, 1.165) is 17.7 Å². The quantitative estimate of drug-likeness (QED) is 0.562. The Hall–Kier alpha value is -2.40. The molecule has 4 nitrogen and oxygen atoms in total. The van der Waals surface area contributed by atoms with Crippen LogP contribution < -0.4 is 10.6 Å². The first-order valence-electron chi connectivity index (χ1n) is 8.72. The summed E-state index contributed by atoms with van der Waals surface area (Å²) >= 11 is 5.52. The molecule has 2 rings (SSSR count). The summed E-state index contributed by atoms with van der Waals surface area (Å²) in [6.45, 7) is 6.35. The van der Waals surface area contributed by atoms with Gasteiger partial charge in [-0.05, 0) is 54.7 Å². The van der Waals surface area contributed by atoms with Crippen molar-refractivity contribution in [3.63, 3.8) is 0 Å². The third-order valence-corrected chi connectivity index (χ3v) is 4.34. The maximum Gasteiger partial charge on any atom is 0.337 e. The van der Waals surface area contributed by atoms with Gasteiger partial charge in [-0.3, -0.25) is 0 Å². The third kappa shape index (κ3) is 5.56. The molecule has 0 radical (unpaired) electrons. The van der Waals surface area contributed by atoms with Crippen LogP contribution in [-0.2, 0) is 4.74 Å². The molecule has 0 bridgehead atoms. The third-order valence-electron chi connectivity index (χ3n) is 4.12. The molecule has 138 valence electrons. The Bertz CT molecular complexity index is 760. The van der Waals surface area contributed by atoms with Crippen LogP contribution in [0.4, 0.5) is 5.69 Å². The van der Waals surface area contributed by atoms with E-state index in [4.69, 9.17) is 17.0 Å². The second kappa shape index (κ2) is 9.34. The van der Waals surface area contributed by atoms with Crippen molar-refractivity contribution >= 4 is 29.0 Å². The summed E-state index contributed by atoms with van der Waals surface area (Å²) in [7, 11) is 1.37. The van der Waals surface area contributed by atoms with Crippen LogP contribution in [0.25, 0.3) is 0 Å². The Morgan fingerprint density at radius 2 is 1.85 bits per heavy atom. The fourth-order valence-electron chi connectivity index (χ4n) is 2.75. The number of aryl methyl sites for hydroxylation is 1. The van der Waals surface area contributed by atoms with E-state index in [1.54, 1.807) is 12.1 Å². The van der Waals surface area contributed by atoms with Crippen molar-refractivity contribution in [3.8, 4) is 0 Å². The average Bonchev–Trinajstić information content (AvgIpc) is 2.62. The van der Waals surface area contributed by atoms with E-state index in [1.807, 2.05) is 31.2 Å². The lowest BCUT2D eigenvalue weighted by molar-refractivity contribution is 0.0601. The van der Waals surface area contributed by atoms with Gasteiger partial charge in [-0.1, -0.05) is 50.2 Å². The fourth-order valence-corrected chi connectivity index (χ4v) is 3.01. The van der Waals surface area contributed by atoms with Crippen molar-refractivity contribution in [2.75, 3.05) is 12.4 Å². The number of rotatable bonds is 6. The summed E-state index contributed by atoms with van der Waals surface area (Å²) in [6, 6.07) is 15.8. The number of thiocarbonyl (C=S) groups is 1. The highest BCUT2D eigenvalue weighted by molar-refractivity contribution is 7.80. The van der Waals surface area contributed by atoms with Gasteiger partial charge < -0.3 is 15.4 Å². The number of ether oxygens (including phenoxy) is 1. The van der Waals surface area contributed by atoms with Crippen molar-refractivity contribution in [1.29, 1.82) is 0 Å². The van der Waals surface area contributed by atoms with Crippen LogP contribution in [0.5, 0.6) is 0 Å². The summed E-state index contributed by atoms with van der Waals surface area (Å²) in [6.07, 6.45) is 0.965. The van der Waals surface area contributed by atoms with Gasteiger partial charge in [-0.15, -0.1) is 0 Å². The standard InChI is InChI=1S/C21H26N2O2S/c1-14(2)12-19(16-8-6-5-7-9-16)23-21(26)22-18-13-17(20(24)25-4)11-10-15(18)3/h5-11,13-14,19H,12H2,1-4H3,(H2,22,23,26)/t19-/m1/s1. The minimum absolute atomic E-state index is 0.125. The molecule has 0 aromatic heterocycles. The number of benzene rings is 2. The molecule has 0 saturated carbocycles. The molecule has 0 amide bonds. The monoisotopic (exact) mass is 370 g/mol. The topological polar surface area (TPSA) is 50.4 Å². The number of carbonyl (C=O) groups is 1. The maximum atomic E-state index is 11.7. The van der Waals surface area contributed by atoms with Crippen molar-refractivity contribution in [3.05, 3.63) is 65.2 Å². The number of methoxy groups -OCH3 is 1. The highest BCUT2D eigenvalue weighted by Gasteiger charge is 2.15. The molecule has 26 heavy (non-hydrogen) atoms. The molecule has 0 aliphatic heterocycles. The molecule has 0 heterocycles. The van der Waals surface area contributed by atoms with Crippen molar-refractivity contribution in [2.45, 2.75) is 33.2 Å². The Balaban J connectivity index is 2.14. The number of carbonyl (C=O) groups excluding carboxylic acids is 1. The molecule has 1 atom stereocenters. The molecule has 0 unspecified atom stereocenters. The second-order valence-corrected chi connectivity index (χ2v) is 7.12. The fraction of sp³-hybridized carbons (Fsp3) is 0.333. The lowest BCUT2D eigenvalue weighted by Crippen LogP contribution is -2.33. The Morgan fingerprint density at radius 3 is 2.46 bits per heavy atom. The van der Waals surface area contributed by atoms with E-state index in [9.17, 15) is 4.79 Å². The minimum atomic E-state index is -0.367. The number of hydrogen-bond acceptors (Lipinski definition) is 3. The molecule has 2 aromatic carbocycles. The van der Waals surface area contributed by atoms with E-state index in [1.165, 1.54) is 12.7 Å². The largest absolute Gasteiger partial charge is 0.465 e. The van der Waals surface area contributed by atoms with E-state index in [2.05, 4.69) is 36.6 Å². The van der Waals surface area contributed by atoms with Crippen molar-refractivity contribution < 1.29 is 9.53 Å². The first-order chi connectivity index (χ1) is 12.4. The lowest BCUT2D eigenvalue weighted by atomic mass is 9.97. The van der Waals surface area contributed by atoms with Crippen LogP contribution in [0, 0.1) is 12.8 Å². The number of anilines is 1. The zero-order valence-corrected chi connectivity index (χ0v) is 16.5. The zero-order valence-electron chi connectivity index (χ0n) is 15.7. The SMILES string of the molecule is COC(=O)c1ccc(C)c(NC(=S)N[C@H](CC(C)C)c2ccccc2)c1. The molecule has 0 aliphatic rings. The van der Waals surface area contributed by atoms with E-state index in [-0.39, 0.29) is 12.0 Å². The van der Waals surface area contributed by atoms with Gasteiger partial charge in [-0.25, -0.2) is 4.79 Å². The average molecular weight is 371 g/mol. The molecule has 0 aliphatic carbocycles. The van der Waals surface area contributed by atoms with E-state index < -0.39 is 0 Å². The highest BCUT2D eigenvalue weighted by atomic mass is 32.1. The Morgan fingerprint density at radius 1 is 1.15 bits per heavy atom. The smallest absolute Gasteiger partial charge is 0.337 e.